The number of nitrogen functional groups attached to an aromatic ring is 1. The van der Waals surface area contributed by atoms with E-state index in [9.17, 15) is 4.79 Å². The van der Waals surface area contributed by atoms with Crippen molar-refractivity contribution in [3.63, 3.8) is 0 Å². The lowest BCUT2D eigenvalue weighted by atomic mass is 9.90. The van der Waals surface area contributed by atoms with Crippen LogP contribution in [-0.4, -0.2) is 18.6 Å². The standard InChI is InChI=1S/C14H15N3O2/c1-7-5-8(3-4-9(7)15)12-13(16)10(18)6-11(19-2)14(12)17/h3-6,16H,15,17H2,1-2H3. The van der Waals surface area contributed by atoms with Crippen molar-refractivity contribution in [1.82, 2.24) is 0 Å². The van der Waals surface area contributed by atoms with Crippen LogP contribution in [0.3, 0.4) is 0 Å². The summed E-state index contributed by atoms with van der Waals surface area (Å²) in [4.78, 5) is 11.7. The third-order valence-electron chi connectivity index (χ3n) is 3.07. The number of carbonyl (C=O) groups excluding carboxylic acids is 1. The van der Waals surface area contributed by atoms with Crippen LogP contribution in [0.25, 0.3) is 5.57 Å². The minimum atomic E-state index is -0.421. The van der Waals surface area contributed by atoms with E-state index in [0.717, 1.165) is 5.56 Å². The zero-order chi connectivity index (χ0) is 14.2. The summed E-state index contributed by atoms with van der Waals surface area (Å²) >= 11 is 0. The molecule has 2 rings (SSSR count). The highest BCUT2D eigenvalue weighted by Gasteiger charge is 2.26. The SMILES string of the molecule is COC1=CC(=O)C(=N)C(c2ccc(N)c(C)c2)=C1N. The summed E-state index contributed by atoms with van der Waals surface area (Å²) in [5.74, 6) is -0.138. The molecule has 1 aliphatic rings. The smallest absolute Gasteiger partial charge is 0.207 e. The van der Waals surface area contributed by atoms with E-state index in [0.29, 0.717) is 16.8 Å². The van der Waals surface area contributed by atoms with Crippen molar-refractivity contribution in [2.45, 2.75) is 6.92 Å². The number of hydrogen-bond acceptors (Lipinski definition) is 5. The van der Waals surface area contributed by atoms with E-state index < -0.39 is 5.78 Å². The molecular weight excluding hydrogens is 242 g/mol. The number of hydrogen-bond donors (Lipinski definition) is 3. The number of rotatable bonds is 2. The fraction of sp³-hybridized carbons (Fsp3) is 0.143. The fourth-order valence-electron chi connectivity index (χ4n) is 1.95. The van der Waals surface area contributed by atoms with Crippen LogP contribution in [0.5, 0.6) is 0 Å². The molecule has 0 aromatic heterocycles. The van der Waals surface area contributed by atoms with Crippen LogP contribution in [-0.2, 0) is 9.53 Å². The maximum Gasteiger partial charge on any atom is 0.207 e. The number of ether oxygens (including phenoxy) is 1. The Bertz CT molecular complexity index is 642. The molecule has 98 valence electrons. The van der Waals surface area contributed by atoms with Crippen LogP contribution in [0.4, 0.5) is 5.69 Å². The van der Waals surface area contributed by atoms with Gasteiger partial charge in [-0.1, -0.05) is 6.07 Å². The molecule has 1 aromatic carbocycles. The molecule has 0 heterocycles. The largest absolute Gasteiger partial charge is 0.494 e. The summed E-state index contributed by atoms with van der Waals surface area (Å²) in [6, 6.07) is 5.27. The molecule has 0 spiro atoms. The van der Waals surface area contributed by atoms with Crippen molar-refractivity contribution in [3.8, 4) is 0 Å². The van der Waals surface area contributed by atoms with Crippen LogP contribution in [0, 0.1) is 12.3 Å². The van der Waals surface area contributed by atoms with Crippen LogP contribution in [0.1, 0.15) is 11.1 Å². The molecule has 1 aromatic rings. The lowest BCUT2D eigenvalue weighted by Gasteiger charge is -2.18. The molecule has 0 saturated carbocycles. The predicted octanol–water partition coefficient (Wildman–Crippen LogP) is 1.38. The fourth-order valence-corrected chi connectivity index (χ4v) is 1.95. The highest BCUT2D eigenvalue weighted by atomic mass is 16.5. The van der Waals surface area contributed by atoms with E-state index >= 15 is 0 Å². The number of carbonyl (C=O) groups is 1. The van der Waals surface area contributed by atoms with E-state index in [4.69, 9.17) is 21.6 Å². The minimum absolute atomic E-state index is 0.137. The molecule has 0 radical (unpaired) electrons. The predicted molar refractivity (Wildman–Crippen MR) is 74.5 cm³/mol. The number of allylic oxidation sites excluding steroid dienone is 2. The van der Waals surface area contributed by atoms with E-state index in [1.807, 2.05) is 6.92 Å². The zero-order valence-electron chi connectivity index (χ0n) is 10.8. The van der Waals surface area contributed by atoms with Crippen LogP contribution in [0.2, 0.25) is 0 Å². The van der Waals surface area contributed by atoms with Crippen molar-refractivity contribution in [2.75, 3.05) is 12.8 Å². The Morgan fingerprint density at radius 3 is 2.53 bits per heavy atom. The third kappa shape index (κ3) is 2.10. The molecule has 0 unspecified atom stereocenters. The maximum atomic E-state index is 11.7. The second-order valence-electron chi connectivity index (χ2n) is 4.31. The molecule has 0 atom stereocenters. The summed E-state index contributed by atoms with van der Waals surface area (Å²) in [6.07, 6.45) is 1.23. The molecule has 0 aliphatic heterocycles. The Labute approximate surface area is 111 Å². The van der Waals surface area contributed by atoms with Gasteiger partial charge in [0.2, 0.25) is 5.78 Å². The van der Waals surface area contributed by atoms with Crippen LogP contribution in [0.15, 0.2) is 35.7 Å². The minimum Gasteiger partial charge on any atom is -0.494 e. The highest BCUT2D eigenvalue weighted by Crippen LogP contribution is 2.28. The summed E-state index contributed by atoms with van der Waals surface area (Å²) in [5.41, 5.74) is 14.5. The van der Waals surface area contributed by atoms with Crippen molar-refractivity contribution in [2.24, 2.45) is 5.73 Å². The van der Waals surface area contributed by atoms with Crippen molar-refractivity contribution in [3.05, 3.63) is 46.9 Å². The number of ketones is 1. The van der Waals surface area contributed by atoms with Gasteiger partial charge in [0, 0.05) is 17.3 Å². The number of benzene rings is 1. The van der Waals surface area contributed by atoms with Gasteiger partial charge in [0.05, 0.1) is 12.8 Å². The van der Waals surface area contributed by atoms with Gasteiger partial charge in [0.1, 0.15) is 11.5 Å². The van der Waals surface area contributed by atoms with E-state index in [2.05, 4.69) is 0 Å². The quantitative estimate of drug-likeness (QED) is 0.550. The molecule has 5 nitrogen and oxygen atoms in total. The Morgan fingerprint density at radius 1 is 1.26 bits per heavy atom. The lowest BCUT2D eigenvalue weighted by Crippen LogP contribution is -2.24. The average Bonchev–Trinajstić information content (AvgIpc) is 2.38. The number of nitrogens with two attached hydrogens (primary N) is 2. The Balaban J connectivity index is 2.63. The first-order chi connectivity index (χ1) is 8.95. The van der Waals surface area contributed by atoms with Crippen LogP contribution >= 0.6 is 0 Å². The Hall–Kier alpha value is -2.56. The highest BCUT2D eigenvalue weighted by molar-refractivity contribution is 6.59. The molecule has 0 fully saturated rings. The monoisotopic (exact) mass is 257 g/mol. The van der Waals surface area contributed by atoms with Gasteiger partial charge in [-0.2, -0.15) is 0 Å². The number of methoxy groups -OCH3 is 1. The maximum absolute atomic E-state index is 11.7. The average molecular weight is 257 g/mol. The third-order valence-corrected chi connectivity index (χ3v) is 3.07. The summed E-state index contributed by atoms with van der Waals surface area (Å²) in [6.45, 7) is 1.86. The van der Waals surface area contributed by atoms with Gasteiger partial charge in [-0.05, 0) is 30.2 Å². The van der Waals surface area contributed by atoms with Crippen LogP contribution < -0.4 is 11.5 Å². The molecule has 0 amide bonds. The van der Waals surface area contributed by atoms with Crippen molar-refractivity contribution >= 4 is 22.8 Å². The van der Waals surface area contributed by atoms with Crippen molar-refractivity contribution in [1.29, 1.82) is 5.41 Å². The van der Waals surface area contributed by atoms with Gasteiger partial charge in [0.25, 0.3) is 0 Å². The van der Waals surface area contributed by atoms with Gasteiger partial charge < -0.3 is 16.2 Å². The normalized spacial score (nSPS) is 15.6. The summed E-state index contributed by atoms with van der Waals surface area (Å²) in [7, 11) is 1.44. The van der Waals surface area contributed by atoms with Gasteiger partial charge in [-0.15, -0.1) is 0 Å². The second kappa shape index (κ2) is 4.61. The molecule has 0 saturated heterocycles. The number of anilines is 1. The molecular formula is C14H15N3O2. The van der Waals surface area contributed by atoms with Crippen molar-refractivity contribution < 1.29 is 9.53 Å². The molecule has 5 heteroatoms. The first-order valence-electron chi connectivity index (χ1n) is 5.71. The first kappa shape index (κ1) is 12.9. The molecule has 0 bridgehead atoms. The summed E-state index contributed by atoms with van der Waals surface area (Å²) < 4.78 is 5.06. The molecule has 1 aliphatic carbocycles. The summed E-state index contributed by atoms with van der Waals surface area (Å²) in [5, 5.41) is 7.89. The van der Waals surface area contributed by atoms with E-state index in [1.54, 1.807) is 18.2 Å². The topological polar surface area (TPSA) is 102 Å². The molecule has 5 N–H and O–H groups in total. The first-order valence-corrected chi connectivity index (χ1v) is 5.71. The van der Waals surface area contributed by atoms with Gasteiger partial charge in [-0.3, -0.25) is 10.2 Å². The Morgan fingerprint density at radius 2 is 1.95 bits per heavy atom. The van der Waals surface area contributed by atoms with Gasteiger partial charge >= 0.3 is 0 Å². The zero-order valence-corrected chi connectivity index (χ0v) is 10.8. The van der Waals surface area contributed by atoms with Gasteiger partial charge in [0.15, 0.2) is 0 Å². The Kier molecular flexibility index (Phi) is 3.12. The molecule has 19 heavy (non-hydrogen) atoms. The number of aryl methyl sites for hydroxylation is 1. The number of nitrogens with one attached hydrogen (secondary N) is 1. The second-order valence-corrected chi connectivity index (χ2v) is 4.31. The van der Waals surface area contributed by atoms with E-state index in [-0.39, 0.29) is 17.2 Å². The van der Waals surface area contributed by atoms with E-state index in [1.165, 1.54) is 13.2 Å². The lowest BCUT2D eigenvalue weighted by molar-refractivity contribution is -0.109. The van der Waals surface area contributed by atoms with Gasteiger partial charge in [-0.25, -0.2) is 0 Å².